The van der Waals surface area contributed by atoms with Crippen molar-refractivity contribution in [2.24, 2.45) is 4.99 Å². The van der Waals surface area contributed by atoms with Crippen LogP contribution in [0.2, 0.25) is 0 Å². The van der Waals surface area contributed by atoms with Gasteiger partial charge in [0.15, 0.2) is 5.96 Å². The molecule has 3 N–H and O–H groups in total. The van der Waals surface area contributed by atoms with Crippen molar-refractivity contribution in [2.75, 3.05) is 40.5 Å². The average molecular weight is 518 g/mol. The van der Waals surface area contributed by atoms with E-state index in [1.807, 2.05) is 0 Å². The molecule has 160 valence electrons. The van der Waals surface area contributed by atoms with E-state index in [0.29, 0.717) is 31.2 Å². The molecule has 0 saturated carbocycles. The maximum Gasteiger partial charge on any atom is 0.411 e. The molecule has 0 aliphatic heterocycles. The van der Waals surface area contributed by atoms with Crippen LogP contribution in [0.3, 0.4) is 0 Å². The zero-order valence-electron chi connectivity index (χ0n) is 15.8. The number of rotatable bonds is 10. The van der Waals surface area contributed by atoms with Crippen LogP contribution < -0.4 is 16.0 Å². The molecule has 7 nitrogen and oxygen atoms in total. The van der Waals surface area contributed by atoms with Crippen molar-refractivity contribution >= 4 is 35.8 Å². The summed E-state index contributed by atoms with van der Waals surface area (Å²) in [5.41, 5.74) is 1.56. The number of hydrogen-bond donors (Lipinski definition) is 3. The van der Waals surface area contributed by atoms with E-state index in [1.54, 1.807) is 38.4 Å². The van der Waals surface area contributed by atoms with Gasteiger partial charge in [-0.05, 0) is 11.1 Å². The van der Waals surface area contributed by atoms with Crippen LogP contribution in [-0.4, -0.2) is 58.5 Å². The maximum absolute atomic E-state index is 12.0. The standard InChI is InChI=1S/C17H25F3N4O3.HI/c1-21-16(24-10-15(25)22-7-8-26-2)23-9-13-3-5-14(6-4-13)11-27-12-17(18,19)20;/h3-6H,7-12H2,1-2H3,(H,22,25)(H2,21,23,24);1H. The number of methoxy groups -OCH3 is 1. The maximum atomic E-state index is 12.0. The SMILES string of the molecule is CN=C(NCC(=O)NCCOC)NCc1ccc(COCC(F)(F)F)cc1.I. The monoisotopic (exact) mass is 518 g/mol. The summed E-state index contributed by atoms with van der Waals surface area (Å²) in [5, 5.41) is 8.60. The molecule has 0 aliphatic rings. The zero-order chi connectivity index (χ0) is 20.1. The Morgan fingerprint density at radius 3 is 2.32 bits per heavy atom. The van der Waals surface area contributed by atoms with Gasteiger partial charge >= 0.3 is 6.18 Å². The summed E-state index contributed by atoms with van der Waals surface area (Å²) in [7, 11) is 3.14. The third-order valence-corrected chi connectivity index (χ3v) is 3.29. The molecule has 0 radical (unpaired) electrons. The Bertz CT molecular complexity index is 598. The van der Waals surface area contributed by atoms with E-state index in [1.165, 1.54) is 0 Å². The summed E-state index contributed by atoms with van der Waals surface area (Å²) >= 11 is 0. The van der Waals surface area contributed by atoms with Gasteiger partial charge in [-0.1, -0.05) is 24.3 Å². The van der Waals surface area contributed by atoms with Gasteiger partial charge in [0.1, 0.15) is 6.61 Å². The zero-order valence-corrected chi connectivity index (χ0v) is 18.1. The summed E-state index contributed by atoms with van der Waals surface area (Å²) < 4.78 is 45.6. The summed E-state index contributed by atoms with van der Waals surface area (Å²) in [5.74, 6) is 0.271. The lowest BCUT2D eigenvalue weighted by molar-refractivity contribution is -0.176. The molecule has 11 heteroatoms. The second-order valence-electron chi connectivity index (χ2n) is 5.55. The van der Waals surface area contributed by atoms with Gasteiger partial charge in [0.25, 0.3) is 0 Å². The second kappa shape index (κ2) is 14.4. The number of carbonyl (C=O) groups excluding carboxylic acids is 1. The second-order valence-corrected chi connectivity index (χ2v) is 5.55. The Kier molecular flexibility index (Phi) is 13.6. The number of nitrogens with zero attached hydrogens (tertiary/aromatic N) is 1. The first-order chi connectivity index (χ1) is 12.8. The van der Waals surface area contributed by atoms with Gasteiger partial charge < -0.3 is 25.4 Å². The van der Waals surface area contributed by atoms with Gasteiger partial charge in [-0.2, -0.15) is 13.2 Å². The highest BCUT2D eigenvalue weighted by Crippen LogP contribution is 2.15. The number of guanidine groups is 1. The third kappa shape index (κ3) is 12.7. The lowest BCUT2D eigenvalue weighted by atomic mass is 10.1. The molecule has 1 rings (SSSR count). The van der Waals surface area contributed by atoms with E-state index in [0.717, 1.165) is 5.56 Å². The van der Waals surface area contributed by atoms with Crippen molar-refractivity contribution in [2.45, 2.75) is 19.3 Å². The molecule has 0 bridgehead atoms. The Morgan fingerprint density at radius 2 is 1.75 bits per heavy atom. The van der Waals surface area contributed by atoms with Crippen LogP contribution in [0.15, 0.2) is 29.3 Å². The molecular weight excluding hydrogens is 492 g/mol. The summed E-state index contributed by atoms with van der Waals surface area (Å²) in [4.78, 5) is 15.6. The minimum absolute atomic E-state index is 0. The Labute approximate surface area is 179 Å². The van der Waals surface area contributed by atoms with Crippen LogP contribution in [0.5, 0.6) is 0 Å². The first-order valence-corrected chi connectivity index (χ1v) is 8.26. The molecular formula is C17H26F3IN4O3. The van der Waals surface area contributed by atoms with Gasteiger partial charge in [-0.3, -0.25) is 9.79 Å². The highest BCUT2D eigenvalue weighted by molar-refractivity contribution is 14.0. The van der Waals surface area contributed by atoms with Gasteiger partial charge in [0, 0.05) is 27.2 Å². The molecule has 1 aromatic carbocycles. The number of alkyl halides is 3. The predicted molar refractivity (Wildman–Crippen MR) is 111 cm³/mol. The number of nitrogens with one attached hydrogen (secondary N) is 3. The first-order valence-electron chi connectivity index (χ1n) is 8.26. The molecule has 1 amide bonds. The fourth-order valence-corrected chi connectivity index (χ4v) is 1.96. The molecule has 0 heterocycles. The molecule has 0 spiro atoms. The number of hydrogen-bond acceptors (Lipinski definition) is 4. The number of benzene rings is 1. The van der Waals surface area contributed by atoms with E-state index >= 15 is 0 Å². The van der Waals surface area contributed by atoms with Crippen LogP contribution in [0, 0.1) is 0 Å². The fourth-order valence-electron chi connectivity index (χ4n) is 1.96. The highest BCUT2D eigenvalue weighted by Gasteiger charge is 2.27. The molecule has 0 saturated heterocycles. The largest absolute Gasteiger partial charge is 0.411 e. The number of amides is 1. The van der Waals surface area contributed by atoms with Crippen molar-refractivity contribution in [1.29, 1.82) is 0 Å². The van der Waals surface area contributed by atoms with Crippen molar-refractivity contribution in [3.63, 3.8) is 0 Å². The molecule has 28 heavy (non-hydrogen) atoms. The fraction of sp³-hybridized carbons (Fsp3) is 0.529. The van der Waals surface area contributed by atoms with Crippen molar-refractivity contribution < 1.29 is 27.4 Å². The van der Waals surface area contributed by atoms with Crippen molar-refractivity contribution in [3.8, 4) is 0 Å². The Morgan fingerprint density at radius 1 is 1.11 bits per heavy atom. The molecule has 1 aromatic rings. The number of ether oxygens (including phenoxy) is 2. The Balaban J connectivity index is 0.00000729. The average Bonchev–Trinajstić information content (AvgIpc) is 2.62. The lowest BCUT2D eigenvalue weighted by Gasteiger charge is -2.12. The van der Waals surface area contributed by atoms with Gasteiger partial charge in [0.05, 0.1) is 19.8 Å². The van der Waals surface area contributed by atoms with E-state index in [4.69, 9.17) is 4.74 Å². The number of carbonyl (C=O) groups is 1. The van der Waals surface area contributed by atoms with E-state index in [2.05, 4.69) is 25.7 Å². The van der Waals surface area contributed by atoms with E-state index in [9.17, 15) is 18.0 Å². The minimum atomic E-state index is -4.33. The van der Waals surface area contributed by atoms with Gasteiger partial charge in [0.2, 0.25) is 5.91 Å². The van der Waals surface area contributed by atoms with Crippen molar-refractivity contribution in [1.82, 2.24) is 16.0 Å². The van der Waals surface area contributed by atoms with E-state index in [-0.39, 0.29) is 43.0 Å². The minimum Gasteiger partial charge on any atom is -0.383 e. The molecule has 0 atom stereocenters. The molecule has 0 aliphatic carbocycles. The smallest absolute Gasteiger partial charge is 0.383 e. The topological polar surface area (TPSA) is 84.0 Å². The van der Waals surface area contributed by atoms with Crippen LogP contribution in [0.1, 0.15) is 11.1 Å². The van der Waals surface area contributed by atoms with Crippen LogP contribution in [0.4, 0.5) is 13.2 Å². The van der Waals surface area contributed by atoms with Crippen LogP contribution >= 0.6 is 24.0 Å². The summed E-state index contributed by atoms with van der Waals surface area (Å²) in [6.07, 6.45) is -4.33. The summed E-state index contributed by atoms with van der Waals surface area (Å²) in [6, 6.07) is 6.97. The first kappa shape index (κ1) is 26.4. The van der Waals surface area contributed by atoms with Crippen molar-refractivity contribution in [3.05, 3.63) is 35.4 Å². The van der Waals surface area contributed by atoms with Crippen LogP contribution in [-0.2, 0) is 27.4 Å². The number of aliphatic imine (C=N–C) groups is 1. The Hall–Kier alpha value is -1.60. The molecule has 0 unspecified atom stereocenters. The summed E-state index contributed by atoms with van der Waals surface area (Å²) in [6.45, 7) is 0.0114. The van der Waals surface area contributed by atoms with Gasteiger partial charge in [-0.15, -0.1) is 24.0 Å². The normalized spacial score (nSPS) is 11.5. The van der Waals surface area contributed by atoms with Gasteiger partial charge in [-0.25, -0.2) is 0 Å². The molecule has 0 fully saturated rings. The molecule has 0 aromatic heterocycles. The van der Waals surface area contributed by atoms with E-state index < -0.39 is 12.8 Å². The lowest BCUT2D eigenvalue weighted by Crippen LogP contribution is -2.43. The predicted octanol–water partition coefficient (Wildman–Crippen LogP) is 1.81. The van der Waals surface area contributed by atoms with Crippen LogP contribution in [0.25, 0.3) is 0 Å². The highest BCUT2D eigenvalue weighted by atomic mass is 127. The number of halogens is 4. The third-order valence-electron chi connectivity index (χ3n) is 3.29. The quantitative estimate of drug-likeness (QED) is 0.191.